The van der Waals surface area contributed by atoms with Crippen LogP contribution < -0.4 is 0 Å². The summed E-state index contributed by atoms with van der Waals surface area (Å²) in [5, 5.41) is 5.26. The van der Waals surface area contributed by atoms with Gasteiger partial charge < -0.3 is 4.42 Å². The predicted molar refractivity (Wildman–Crippen MR) is 49.2 cm³/mol. The first-order valence-electron chi connectivity index (χ1n) is 3.86. The van der Waals surface area contributed by atoms with Crippen LogP contribution in [0.3, 0.4) is 0 Å². The van der Waals surface area contributed by atoms with Crippen molar-refractivity contribution < 1.29 is 9.21 Å². The summed E-state index contributed by atoms with van der Waals surface area (Å²) >= 11 is 1.32. The van der Waals surface area contributed by atoms with E-state index < -0.39 is 0 Å². The van der Waals surface area contributed by atoms with E-state index in [0.717, 1.165) is 5.16 Å². The smallest absolute Gasteiger partial charge is 0.193 e. The molecule has 72 valence electrons. The van der Waals surface area contributed by atoms with Gasteiger partial charge in [-0.15, -0.1) is 0 Å². The maximum Gasteiger partial charge on any atom is 0.193 e. The lowest BCUT2D eigenvalue weighted by Crippen LogP contribution is -1.91. The molecule has 2 heterocycles. The SMILES string of the molecule is Cn1ncnc1Sc1ccc(C=O)o1. The Kier molecular flexibility index (Phi) is 2.36. The first kappa shape index (κ1) is 9.01. The van der Waals surface area contributed by atoms with Gasteiger partial charge in [-0.3, -0.25) is 4.79 Å². The lowest BCUT2D eigenvalue weighted by atomic mass is 10.5. The first-order chi connectivity index (χ1) is 6.79. The van der Waals surface area contributed by atoms with Crippen molar-refractivity contribution in [3.63, 3.8) is 0 Å². The van der Waals surface area contributed by atoms with Crippen LogP contribution in [0.2, 0.25) is 0 Å². The van der Waals surface area contributed by atoms with Gasteiger partial charge >= 0.3 is 0 Å². The molecule has 0 aliphatic rings. The van der Waals surface area contributed by atoms with Crippen LogP contribution in [0.1, 0.15) is 10.6 Å². The molecule has 0 aliphatic heterocycles. The summed E-state index contributed by atoms with van der Waals surface area (Å²) in [6, 6.07) is 3.34. The zero-order valence-corrected chi connectivity index (χ0v) is 8.19. The molecule has 14 heavy (non-hydrogen) atoms. The fraction of sp³-hybridized carbons (Fsp3) is 0.125. The molecule has 2 aromatic heterocycles. The average molecular weight is 209 g/mol. The van der Waals surface area contributed by atoms with Gasteiger partial charge in [-0.25, -0.2) is 9.67 Å². The van der Waals surface area contributed by atoms with Gasteiger partial charge in [-0.2, -0.15) is 5.10 Å². The minimum Gasteiger partial charge on any atom is -0.447 e. The number of carbonyl (C=O) groups is 1. The van der Waals surface area contributed by atoms with E-state index >= 15 is 0 Å². The monoisotopic (exact) mass is 209 g/mol. The lowest BCUT2D eigenvalue weighted by Gasteiger charge is -1.94. The van der Waals surface area contributed by atoms with Gasteiger partial charge in [0.15, 0.2) is 22.3 Å². The summed E-state index contributed by atoms with van der Waals surface area (Å²) in [7, 11) is 1.79. The van der Waals surface area contributed by atoms with Gasteiger partial charge in [0, 0.05) is 7.05 Å². The molecular formula is C8H7N3O2S. The minimum absolute atomic E-state index is 0.315. The van der Waals surface area contributed by atoms with Gasteiger partial charge in [-0.05, 0) is 23.9 Å². The van der Waals surface area contributed by atoms with E-state index in [0.29, 0.717) is 17.1 Å². The molecule has 0 unspecified atom stereocenters. The lowest BCUT2D eigenvalue weighted by molar-refractivity contribution is 0.109. The molecule has 0 spiro atoms. The summed E-state index contributed by atoms with van der Waals surface area (Å²) in [5.74, 6) is 0.315. The maximum atomic E-state index is 10.4. The van der Waals surface area contributed by atoms with Crippen LogP contribution >= 0.6 is 11.8 Å². The van der Waals surface area contributed by atoms with Crippen molar-refractivity contribution in [3.8, 4) is 0 Å². The fourth-order valence-corrected chi connectivity index (χ4v) is 1.65. The van der Waals surface area contributed by atoms with Crippen LogP contribution in [-0.2, 0) is 7.05 Å². The third-order valence-corrected chi connectivity index (χ3v) is 2.55. The summed E-state index contributed by atoms with van der Waals surface area (Å²) in [4.78, 5) is 14.4. The Hall–Kier alpha value is -1.56. The third-order valence-electron chi connectivity index (χ3n) is 1.58. The van der Waals surface area contributed by atoms with E-state index in [1.807, 2.05) is 0 Å². The van der Waals surface area contributed by atoms with Crippen molar-refractivity contribution in [3.05, 3.63) is 24.2 Å². The number of hydrogen-bond donors (Lipinski definition) is 0. The summed E-state index contributed by atoms with van der Waals surface area (Å²) in [6.45, 7) is 0. The van der Waals surface area contributed by atoms with E-state index in [4.69, 9.17) is 4.42 Å². The van der Waals surface area contributed by atoms with Gasteiger partial charge in [0.25, 0.3) is 0 Å². The molecule has 0 aliphatic carbocycles. The third kappa shape index (κ3) is 1.69. The molecule has 2 aromatic rings. The second-order valence-corrected chi connectivity index (χ2v) is 3.51. The summed E-state index contributed by atoms with van der Waals surface area (Å²) < 4.78 is 6.81. The van der Waals surface area contributed by atoms with E-state index in [1.165, 1.54) is 18.1 Å². The number of aldehydes is 1. The van der Waals surface area contributed by atoms with Gasteiger partial charge in [0.1, 0.15) is 6.33 Å². The number of hydrogen-bond acceptors (Lipinski definition) is 5. The van der Waals surface area contributed by atoms with E-state index in [9.17, 15) is 4.79 Å². The first-order valence-corrected chi connectivity index (χ1v) is 4.68. The second-order valence-electron chi connectivity index (χ2n) is 2.54. The molecule has 0 bridgehead atoms. The Morgan fingerprint density at radius 1 is 1.57 bits per heavy atom. The van der Waals surface area contributed by atoms with E-state index in [2.05, 4.69) is 10.1 Å². The van der Waals surface area contributed by atoms with Crippen molar-refractivity contribution in [2.45, 2.75) is 10.2 Å². The molecule has 0 saturated heterocycles. The Morgan fingerprint density at radius 2 is 2.43 bits per heavy atom. The largest absolute Gasteiger partial charge is 0.447 e. The topological polar surface area (TPSA) is 60.9 Å². The van der Waals surface area contributed by atoms with Crippen LogP contribution in [0.15, 0.2) is 33.1 Å². The summed E-state index contributed by atoms with van der Waals surface area (Å²) in [6.07, 6.45) is 2.13. The highest BCUT2D eigenvalue weighted by Gasteiger charge is 2.07. The zero-order valence-electron chi connectivity index (χ0n) is 7.38. The highest BCUT2D eigenvalue weighted by Crippen LogP contribution is 2.26. The Labute approximate surface area is 84.1 Å². The molecule has 6 heteroatoms. The zero-order chi connectivity index (χ0) is 9.97. The Bertz CT molecular complexity index is 449. The second kappa shape index (κ2) is 3.67. The van der Waals surface area contributed by atoms with Crippen molar-refractivity contribution >= 4 is 18.0 Å². The molecule has 0 saturated carbocycles. The predicted octanol–water partition coefficient (Wildman–Crippen LogP) is 1.37. The van der Waals surface area contributed by atoms with Crippen LogP contribution in [0.5, 0.6) is 0 Å². The van der Waals surface area contributed by atoms with Crippen molar-refractivity contribution in [2.75, 3.05) is 0 Å². The Balaban J connectivity index is 2.18. The number of carbonyl (C=O) groups excluding carboxylic acids is 1. The molecule has 2 rings (SSSR count). The molecule has 0 aromatic carbocycles. The van der Waals surface area contributed by atoms with Crippen LogP contribution in [0, 0.1) is 0 Å². The van der Waals surface area contributed by atoms with Gasteiger partial charge in [0.2, 0.25) is 0 Å². The molecule has 0 fully saturated rings. The minimum atomic E-state index is 0.315. The van der Waals surface area contributed by atoms with Gasteiger partial charge in [-0.1, -0.05) is 0 Å². The highest BCUT2D eigenvalue weighted by molar-refractivity contribution is 7.99. The quantitative estimate of drug-likeness (QED) is 0.714. The number of rotatable bonds is 3. The maximum absolute atomic E-state index is 10.4. The fourth-order valence-electron chi connectivity index (χ4n) is 0.921. The Morgan fingerprint density at radius 3 is 3.00 bits per heavy atom. The number of aromatic nitrogens is 3. The van der Waals surface area contributed by atoms with E-state index in [-0.39, 0.29) is 0 Å². The van der Waals surface area contributed by atoms with E-state index in [1.54, 1.807) is 23.9 Å². The molecule has 5 nitrogen and oxygen atoms in total. The molecular weight excluding hydrogens is 202 g/mol. The molecule has 0 amide bonds. The van der Waals surface area contributed by atoms with Crippen molar-refractivity contribution in [1.29, 1.82) is 0 Å². The number of furan rings is 1. The average Bonchev–Trinajstić information content (AvgIpc) is 2.77. The number of aryl methyl sites for hydroxylation is 1. The molecule has 0 N–H and O–H groups in total. The number of nitrogens with zero attached hydrogens (tertiary/aromatic N) is 3. The van der Waals surface area contributed by atoms with Crippen LogP contribution in [-0.4, -0.2) is 21.1 Å². The van der Waals surface area contributed by atoms with Crippen LogP contribution in [0.25, 0.3) is 0 Å². The van der Waals surface area contributed by atoms with Crippen molar-refractivity contribution in [1.82, 2.24) is 14.8 Å². The highest BCUT2D eigenvalue weighted by atomic mass is 32.2. The van der Waals surface area contributed by atoms with Crippen LogP contribution in [0.4, 0.5) is 0 Å². The van der Waals surface area contributed by atoms with Crippen molar-refractivity contribution in [2.24, 2.45) is 7.05 Å². The summed E-state index contributed by atoms with van der Waals surface area (Å²) in [5.41, 5.74) is 0. The molecule has 0 radical (unpaired) electrons. The molecule has 0 atom stereocenters. The standard InChI is InChI=1S/C8H7N3O2S/c1-11-8(9-5-10-11)14-7-3-2-6(4-12)13-7/h2-5H,1H3. The van der Waals surface area contributed by atoms with Gasteiger partial charge in [0.05, 0.1) is 0 Å². The normalized spacial score (nSPS) is 10.4.